The Labute approximate surface area is 106 Å². The van der Waals surface area contributed by atoms with E-state index >= 15 is 0 Å². The molecule has 0 aromatic heterocycles. The summed E-state index contributed by atoms with van der Waals surface area (Å²) in [6.07, 6.45) is 2.65. The van der Waals surface area contributed by atoms with Gasteiger partial charge >= 0.3 is 0 Å². The van der Waals surface area contributed by atoms with Gasteiger partial charge in [-0.25, -0.2) is 4.39 Å². The molecule has 0 bridgehead atoms. The van der Waals surface area contributed by atoms with Crippen molar-refractivity contribution < 1.29 is 14.3 Å². The van der Waals surface area contributed by atoms with Crippen molar-refractivity contribution >= 4 is 5.91 Å². The molecule has 100 valence electrons. The van der Waals surface area contributed by atoms with Crippen LogP contribution < -0.4 is 5.73 Å². The van der Waals surface area contributed by atoms with Gasteiger partial charge in [-0.05, 0) is 31.5 Å². The topological polar surface area (TPSA) is 66.6 Å². The van der Waals surface area contributed by atoms with Crippen molar-refractivity contribution in [3.8, 4) is 5.75 Å². The van der Waals surface area contributed by atoms with Crippen LogP contribution in [0, 0.1) is 5.82 Å². The maximum Gasteiger partial charge on any atom is 0.260 e. The molecule has 1 aromatic rings. The fraction of sp³-hybridized carbons (Fsp3) is 0.462. The van der Waals surface area contributed by atoms with Gasteiger partial charge in [-0.1, -0.05) is 12.5 Å². The second kappa shape index (κ2) is 6.96. The predicted molar refractivity (Wildman–Crippen MR) is 67.9 cm³/mol. The zero-order valence-electron chi connectivity index (χ0n) is 10.5. The highest BCUT2D eigenvalue weighted by Gasteiger charge is 2.19. The highest BCUT2D eigenvalue weighted by Crippen LogP contribution is 2.21. The number of hydrogen-bond acceptors (Lipinski definition) is 3. The third kappa shape index (κ3) is 3.70. The number of unbranched alkanes of at least 4 members (excludes halogenated alkanes) is 2. The monoisotopic (exact) mass is 254 g/mol. The van der Waals surface area contributed by atoms with Crippen LogP contribution in [-0.4, -0.2) is 36.1 Å². The molecule has 0 saturated carbocycles. The van der Waals surface area contributed by atoms with Crippen LogP contribution in [0.15, 0.2) is 18.2 Å². The largest absolute Gasteiger partial charge is 0.507 e. The molecule has 3 N–H and O–H groups in total. The molecule has 0 aliphatic carbocycles. The van der Waals surface area contributed by atoms with Gasteiger partial charge in [-0.2, -0.15) is 0 Å². The van der Waals surface area contributed by atoms with Crippen molar-refractivity contribution in [2.75, 3.05) is 20.1 Å². The van der Waals surface area contributed by atoms with Crippen LogP contribution in [0.25, 0.3) is 0 Å². The molecule has 0 spiro atoms. The van der Waals surface area contributed by atoms with Crippen LogP contribution in [0.5, 0.6) is 5.75 Å². The van der Waals surface area contributed by atoms with Gasteiger partial charge in [-0.15, -0.1) is 0 Å². The van der Waals surface area contributed by atoms with E-state index in [1.165, 1.54) is 17.0 Å². The van der Waals surface area contributed by atoms with Crippen molar-refractivity contribution in [3.05, 3.63) is 29.6 Å². The summed E-state index contributed by atoms with van der Waals surface area (Å²) in [5.41, 5.74) is 5.11. The molecule has 0 fully saturated rings. The summed E-state index contributed by atoms with van der Waals surface area (Å²) in [5, 5.41) is 9.52. The molecular weight excluding hydrogens is 235 g/mol. The Bertz CT molecular complexity index is 390. The van der Waals surface area contributed by atoms with E-state index in [1.54, 1.807) is 7.05 Å². The Kier molecular flexibility index (Phi) is 5.58. The smallest absolute Gasteiger partial charge is 0.260 e. The highest BCUT2D eigenvalue weighted by molar-refractivity contribution is 5.96. The Morgan fingerprint density at radius 3 is 2.72 bits per heavy atom. The van der Waals surface area contributed by atoms with E-state index in [0.717, 1.165) is 25.3 Å². The number of amides is 1. The minimum absolute atomic E-state index is 0.265. The third-order valence-corrected chi connectivity index (χ3v) is 2.75. The molecule has 1 aromatic carbocycles. The lowest BCUT2D eigenvalue weighted by molar-refractivity contribution is 0.0785. The van der Waals surface area contributed by atoms with Crippen molar-refractivity contribution in [1.82, 2.24) is 4.90 Å². The van der Waals surface area contributed by atoms with Crippen molar-refractivity contribution in [3.63, 3.8) is 0 Å². The molecule has 0 atom stereocenters. The first kappa shape index (κ1) is 14.4. The van der Waals surface area contributed by atoms with Crippen LogP contribution in [0.1, 0.15) is 29.6 Å². The Hall–Kier alpha value is -1.62. The van der Waals surface area contributed by atoms with E-state index in [-0.39, 0.29) is 11.3 Å². The van der Waals surface area contributed by atoms with Crippen molar-refractivity contribution in [2.45, 2.75) is 19.3 Å². The SMILES string of the molecule is CN(CCCCCN)C(=O)c1c(O)cccc1F. The molecule has 5 heteroatoms. The molecule has 0 aliphatic rings. The molecule has 0 radical (unpaired) electrons. The van der Waals surface area contributed by atoms with Gasteiger partial charge in [0.15, 0.2) is 0 Å². The molecule has 0 aliphatic heterocycles. The Balaban J connectivity index is 2.63. The highest BCUT2D eigenvalue weighted by atomic mass is 19.1. The number of nitrogens with zero attached hydrogens (tertiary/aromatic N) is 1. The first-order valence-corrected chi connectivity index (χ1v) is 6.01. The van der Waals surface area contributed by atoms with Gasteiger partial charge in [0.25, 0.3) is 5.91 Å². The lowest BCUT2D eigenvalue weighted by Gasteiger charge is -2.18. The van der Waals surface area contributed by atoms with Crippen molar-refractivity contribution in [2.24, 2.45) is 5.73 Å². The number of phenols is 1. The average molecular weight is 254 g/mol. The number of aromatic hydroxyl groups is 1. The van der Waals surface area contributed by atoms with Crippen LogP contribution >= 0.6 is 0 Å². The van der Waals surface area contributed by atoms with Gasteiger partial charge in [0.1, 0.15) is 17.1 Å². The summed E-state index contributed by atoms with van der Waals surface area (Å²) < 4.78 is 13.5. The molecule has 0 heterocycles. The van der Waals surface area contributed by atoms with E-state index in [1.807, 2.05) is 0 Å². The molecule has 18 heavy (non-hydrogen) atoms. The zero-order valence-corrected chi connectivity index (χ0v) is 10.5. The fourth-order valence-corrected chi connectivity index (χ4v) is 1.69. The summed E-state index contributed by atoms with van der Waals surface area (Å²) in [6, 6.07) is 3.83. The van der Waals surface area contributed by atoms with Gasteiger partial charge < -0.3 is 15.7 Å². The predicted octanol–water partition coefficient (Wildman–Crippen LogP) is 1.73. The first-order chi connectivity index (χ1) is 8.57. The molecule has 1 amide bonds. The standard InChI is InChI=1S/C13H19FN2O2/c1-16(9-4-2-3-8-15)13(18)12-10(14)6-5-7-11(12)17/h5-7,17H,2-4,8-9,15H2,1H3. The quantitative estimate of drug-likeness (QED) is 0.760. The van der Waals surface area contributed by atoms with E-state index in [9.17, 15) is 14.3 Å². The summed E-state index contributed by atoms with van der Waals surface area (Å²) >= 11 is 0. The normalized spacial score (nSPS) is 10.4. The van der Waals surface area contributed by atoms with Crippen LogP contribution in [0.2, 0.25) is 0 Å². The van der Waals surface area contributed by atoms with E-state index < -0.39 is 11.7 Å². The zero-order chi connectivity index (χ0) is 13.5. The van der Waals surface area contributed by atoms with E-state index in [0.29, 0.717) is 13.1 Å². The van der Waals surface area contributed by atoms with E-state index in [2.05, 4.69) is 0 Å². The first-order valence-electron chi connectivity index (χ1n) is 6.01. The summed E-state index contributed by atoms with van der Waals surface area (Å²) in [6.45, 7) is 1.15. The molecular formula is C13H19FN2O2. The number of nitrogens with two attached hydrogens (primary N) is 1. The number of phenolic OH excluding ortho intramolecular Hbond substituents is 1. The number of benzene rings is 1. The maximum absolute atomic E-state index is 13.5. The minimum Gasteiger partial charge on any atom is -0.507 e. The second-order valence-electron chi connectivity index (χ2n) is 4.21. The lowest BCUT2D eigenvalue weighted by atomic mass is 10.1. The average Bonchev–Trinajstić information content (AvgIpc) is 2.34. The van der Waals surface area contributed by atoms with E-state index in [4.69, 9.17) is 5.73 Å². The molecule has 0 unspecified atom stereocenters. The number of halogens is 1. The van der Waals surface area contributed by atoms with Crippen LogP contribution in [-0.2, 0) is 0 Å². The summed E-state index contributed by atoms with van der Waals surface area (Å²) in [5.74, 6) is -1.53. The fourth-order valence-electron chi connectivity index (χ4n) is 1.69. The molecule has 1 rings (SSSR count). The Morgan fingerprint density at radius 2 is 2.11 bits per heavy atom. The van der Waals surface area contributed by atoms with Gasteiger partial charge in [0.05, 0.1) is 0 Å². The number of carbonyl (C=O) groups is 1. The van der Waals surface area contributed by atoms with Gasteiger partial charge in [0.2, 0.25) is 0 Å². The van der Waals surface area contributed by atoms with Crippen LogP contribution in [0.4, 0.5) is 4.39 Å². The minimum atomic E-state index is -0.700. The number of rotatable bonds is 6. The number of carbonyl (C=O) groups excluding carboxylic acids is 1. The summed E-state index contributed by atoms with van der Waals surface area (Å²) in [7, 11) is 1.59. The number of hydrogen-bond donors (Lipinski definition) is 2. The lowest BCUT2D eigenvalue weighted by Crippen LogP contribution is -2.28. The maximum atomic E-state index is 13.5. The van der Waals surface area contributed by atoms with Gasteiger partial charge in [0, 0.05) is 13.6 Å². The summed E-state index contributed by atoms with van der Waals surface area (Å²) in [4.78, 5) is 13.4. The Morgan fingerprint density at radius 1 is 1.39 bits per heavy atom. The van der Waals surface area contributed by atoms with Gasteiger partial charge in [-0.3, -0.25) is 4.79 Å². The molecule has 4 nitrogen and oxygen atoms in total. The molecule has 0 saturated heterocycles. The second-order valence-corrected chi connectivity index (χ2v) is 4.21. The van der Waals surface area contributed by atoms with Crippen LogP contribution in [0.3, 0.4) is 0 Å². The third-order valence-electron chi connectivity index (χ3n) is 2.75. The van der Waals surface area contributed by atoms with Crippen molar-refractivity contribution in [1.29, 1.82) is 0 Å².